The molecule has 2 fully saturated rings. The molecule has 0 amide bonds. The van der Waals surface area contributed by atoms with Crippen LogP contribution in [-0.2, 0) is 0 Å². The van der Waals surface area contributed by atoms with E-state index < -0.39 is 0 Å². The number of rotatable bonds is 4. The zero-order valence-corrected chi connectivity index (χ0v) is 12.8. The highest BCUT2D eigenvalue weighted by Gasteiger charge is 2.32. The van der Waals surface area contributed by atoms with Gasteiger partial charge in [-0.25, -0.2) is 4.68 Å². The van der Waals surface area contributed by atoms with Crippen LogP contribution in [0.3, 0.4) is 0 Å². The lowest BCUT2D eigenvalue weighted by atomic mass is 9.98. The number of hydrogen-bond acceptors (Lipinski definition) is 4. The Morgan fingerprint density at radius 2 is 1.70 bits per heavy atom. The maximum absolute atomic E-state index is 4.42. The highest BCUT2D eigenvalue weighted by atomic mass is 15.6. The minimum Gasteiger partial charge on any atom is -0.293 e. The number of likely N-dealkylation sites (tertiary alicyclic amines) is 1. The second-order valence-electron chi connectivity index (χ2n) is 6.71. The van der Waals surface area contributed by atoms with Crippen molar-refractivity contribution in [3.63, 3.8) is 0 Å². The molecular weight excluding hydrogens is 250 g/mol. The Morgan fingerprint density at radius 3 is 2.35 bits per heavy atom. The Balaban J connectivity index is 1.85. The molecule has 2 heterocycles. The smallest absolute Gasteiger partial charge is 0.168 e. The molecule has 1 aromatic rings. The molecule has 1 aliphatic carbocycles. The topological polar surface area (TPSA) is 46.8 Å². The van der Waals surface area contributed by atoms with Gasteiger partial charge in [-0.05, 0) is 55.1 Å². The van der Waals surface area contributed by atoms with Crippen molar-refractivity contribution >= 4 is 0 Å². The van der Waals surface area contributed by atoms with Crippen molar-refractivity contribution in [1.29, 1.82) is 0 Å². The molecule has 5 nitrogen and oxygen atoms in total. The average molecular weight is 277 g/mol. The van der Waals surface area contributed by atoms with Crippen molar-refractivity contribution in [2.75, 3.05) is 13.1 Å². The molecule has 20 heavy (non-hydrogen) atoms. The van der Waals surface area contributed by atoms with Gasteiger partial charge in [-0.1, -0.05) is 33.1 Å². The standard InChI is InChI=1S/C15H27N5/c1-12(2)14(19-10-6-3-7-11-19)15-16-17-18-20(15)13-8-4-5-9-13/h12-14H,3-11H2,1-2H3/t14-/m0/s1. The molecule has 0 spiro atoms. The Labute approximate surface area is 121 Å². The van der Waals surface area contributed by atoms with Crippen molar-refractivity contribution in [1.82, 2.24) is 25.1 Å². The first-order valence-electron chi connectivity index (χ1n) is 8.29. The first-order valence-corrected chi connectivity index (χ1v) is 8.29. The Hall–Kier alpha value is -0.970. The second kappa shape index (κ2) is 6.20. The lowest BCUT2D eigenvalue weighted by Crippen LogP contribution is -2.38. The lowest BCUT2D eigenvalue weighted by molar-refractivity contribution is 0.116. The summed E-state index contributed by atoms with van der Waals surface area (Å²) in [6, 6.07) is 0.914. The lowest BCUT2D eigenvalue weighted by Gasteiger charge is -2.36. The van der Waals surface area contributed by atoms with Gasteiger partial charge >= 0.3 is 0 Å². The van der Waals surface area contributed by atoms with Gasteiger partial charge in [0.2, 0.25) is 0 Å². The summed E-state index contributed by atoms with van der Waals surface area (Å²) >= 11 is 0. The fourth-order valence-corrected chi connectivity index (χ4v) is 3.88. The third-order valence-corrected chi connectivity index (χ3v) is 4.87. The maximum atomic E-state index is 4.42. The molecule has 1 saturated heterocycles. The van der Waals surface area contributed by atoms with Crippen LogP contribution < -0.4 is 0 Å². The molecule has 0 radical (unpaired) electrons. The van der Waals surface area contributed by atoms with Crippen molar-refractivity contribution in [2.24, 2.45) is 5.92 Å². The summed E-state index contributed by atoms with van der Waals surface area (Å²) in [5, 5.41) is 12.7. The summed E-state index contributed by atoms with van der Waals surface area (Å²) in [4.78, 5) is 2.60. The van der Waals surface area contributed by atoms with Crippen LogP contribution in [0.2, 0.25) is 0 Å². The van der Waals surface area contributed by atoms with Gasteiger partial charge in [0, 0.05) is 0 Å². The van der Waals surface area contributed by atoms with Crippen LogP contribution in [0.15, 0.2) is 0 Å². The van der Waals surface area contributed by atoms with Gasteiger partial charge in [0.25, 0.3) is 0 Å². The zero-order valence-electron chi connectivity index (χ0n) is 12.8. The van der Waals surface area contributed by atoms with E-state index in [0.29, 0.717) is 18.0 Å². The van der Waals surface area contributed by atoms with E-state index in [9.17, 15) is 0 Å². The van der Waals surface area contributed by atoms with Crippen LogP contribution in [0.5, 0.6) is 0 Å². The minimum atomic E-state index is 0.380. The minimum absolute atomic E-state index is 0.380. The molecule has 2 aliphatic rings. The van der Waals surface area contributed by atoms with Gasteiger partial charge in [-0.15, -0.1) is 5.10 Å². The van der Waals surface area contributed by atoms with Crippen molar-refractivity contribution < 1.29 is 0 Å². The van der Waals surface area contributed by atoms with E-state index in [-0.39, 0.29) is 0 Å². The van der Waals surface area contributed by atoms with Gasteiger partial charge < -0.3 is 0 Å². The molecular formula is C15H27N5. The number of piperidine rings is 1. The SMILES string of the molecule is CC(C)[C@@H](c1nnnn1C1CCCC1)N1CCCCC1. The number of aromatic nitrogens is 4. The van der Waals surface area contributed by atoms with Crippen LogP contribution >= 0.6 is 0 Å². The van der Waals surface area contributed by atoms with E-state index in [4.69, 9.17) is 0 Å². The van der Waals surface area contributed by atoms with Crippen LogP contribution in [0, 0.1) is 5.92 Å². The zero-order chi connectivity index (χ0) is 13.9. The number of hydrogen-bond donors (Lipinski definition) is 0. The molecule has 3 rings (SSSR count). The first kappa shape index (κ1) is 14.0. The summed E-state index contributed by atoms with van der Waals surface area (Å²) in [7, 11) is 0. The average Bonchev–Trinajstić information content (AvgIpc) is 3.09. The Morgan fingerprint density at radius 1 is 1.00 bits per heavy atom. The maximum Gasteiger partial charge on any atom is 0.168 e. The van der Waals surface area contributed by atoms with Crippen LogP contribution in [0.25, 0.3) is 0 Å². The Kier molecular flexibility index (Phi) is 4.34. The molecule has 0 aromatic carbocycles. The fourth-order valence-electron chi connectivity index (χ4n) is 3.88. The van der Waals surface area contributed by atoms with Gasteiger partial charge in [-0.2, -0.15) is 0 Å². The highest BCUT2D eigenvalue weighted by molar-refractivity contribution is 4.98. The number of nitrogens with zero attached hydrogens (tertiary/aromatic N) is 5. The van der Waals surface area contributed by atoms with Crippen LogP contribution in [0.1, 0.15) is 76.7 Å². The summed E-state index contributed by atoms with van der Waals surface area (Å²) in [5.74, 6) is 1.66. The second-order valence-corrected chi connectivity index (χ2v) is 6.71. The van der Waals surface area contributed by atoms with Gasteiger partial charge in [-0.3, -0.25) is 4.90 Å². The highest BCUT2D eigenvalue weighted by Crippen LogP contribution is 2.34. The van der Waals surface area contributed by atoms with E-state index in [1.54, 1.807) is 0 Å². The van der Waals surface area contributed by atoms with Crippen molar-refractivity contribution in [3.05, 3.63) is 5.82 Å². The van der Waals surface area contributed by atoms with E-state index in [0.717, 1.165) is 5.82 Å². The molecule has 1 saturated carbocycles. The molecule has 0 N–H and O–H groups in total. The quantitative estimate of drug-likeness (QED) is 0.849. The molecule has 0 bridgehead atoms. The molecule has 112 valence electrons. The summed E-state index contributed by atoms with van der Waals surface area (Å²) < 4.78 is 2.15. The van der Waals surface area contributed by atoms with E-state index in [1.807, 2.05) is 0 Å². The third kappa shape index (κ3) is 2.73. The van der Waals surface area contributed by atoms with E-state index in [2.05, 4.69) is 39.0 Å². The molecule has 1 aliphatic heterocycles. The van der Waals surface area contributed by atoms with Gasteiger partial charge in [0.15, 0.2) is 5.82 Å². The van der Waals surface area contributed by atoms with Gasteiger partial charge in [0.1, 0.15) is 0 Å². The fraction of sp³-hybridized carbons (Fsp3) is 0.933. The molecule has 5 heteroatoms. The van der Waals surface area contributed by atoms with Crippen molar-refractivity contribution in [3.8, 4) is 0 Å². The largest absolute Gasteiger partial charge is 0.293 e. The van der Waals surface area contributed by atoms with Crippen molar-refractivity contribution in [2.45, 2.75) is 70.9 Å². The predicted octanol–water partition coefficient (Wildman–Crippen LogP) is 2.97. The third-order valence-electron chi connectivity index (χ3n) is 4.87. The predicted molar refractivity (Wildman–Crippen MR) is 78.3 cm³/mol. The molecule has 1 aromatic heterocycles. The first-order chi connectivity index (χ1) is 9.77. The summed E-state index contributed by atoms with van der Waals surface area (Å²) in [6.07, 6.45) is 9.11. The van der Waals surface area contributed by atoms with Gasteiger partial charge in [0.05, 0.1) is 12.1 Å². The van der Waals surface area contributed by atoms with E-state index >= 15 is 0 Å². The normalized spacial score (nSPS) is 23.6. The summed E-state index contributed by atoms with van der Waals surface area (Å²) in [6.45, 7) is 6.99. The molecule has 0 unspecified atom stereocenters. The van der Waals surface area contributed by atoms with Crippen LogP contribution in [0.4, 0.5) is 0 Å². The van der Waals surface area contributed by atoms with Crippen LogP contribution in [-0.4, -0.2) is 38.2 Å². The van der Waals surface area contributed by atoms with E-state index in [1.165, 1.54) is 58.0 Å². The summed E-state index contributed by atoms with van der Waals surface area (Å²) in [5.41, 5.74) is 0. The Bertz CT molecular complexity index is 416. The number of tetrazole rings is 1. The molecule has 1 atom stereocenters. The monoisotopic (exact) mass is 277 g/mol.